The lowest BCUT2D eigenvalue weighted by molar-refractivity contribution is 0.621. The average molecular weight is 360 g/mol. The molecule has 0 heterocycles. The Morgan fingerprint density at radius 1 is 0.818 bits per heavy atom. The third-order valence-electron chi connectivity index (χ3n) is 2.40. The first-order valence-electron chi connectivity index (χ1n) is 6.14. The Morgan fingerprint density at radius 2 is 1.23 bits per heavy atom. The van der Waals surface area contributed by atoms with Gasteiger partial charge in [-0.2, -0.15) is 18.6 Å². The summed E-state index contributed by atoms with van der Waals surface area (Å²) in [5.74, 6) is 0. The van der Waals surface area contributed by atoms with Crippen molar-refractivity contribution in [2.75, 3.05) is 19.0 Å². The van der Waals surface area contributed by atoms with Gasteiger partial charge in [-0.1, -0.05) is 18.2 Å². The summed E-state index contributed by atoms with van der Waals surface area (Å²) in [4.78, 5) is 2.05. The molecule has 0 saturated carbocycles. The molecule has 0 fully saturated rings. The SMILES string of the molecule is CN(C)c1ccc(N=Nc2ccccc2)cc1.O=S(=O)(Cl)Cl. The van der Waals surface area contributed by atoms with Gasteiger partial charge in [-0.15, -0.1) is 0 Å². The summed E-state index contributed by atoms with van der Waals surface area (Å²) in [5.41, 5.74) is 2.88. The van der Waals surface area contributed by atoms with Crippen molar-refractivity contribution in [3.05, 3.63) is 54.6 Å². The molecule has 0 aromatic heterocycles. The Morgan fingerprint density at radius 3 is 1.64 bits per heavy atom. The van der Waals surface area contributed by atoms with Crippen molar-refractivity contribution in [1.82, 2.24) is 0 Å². The van der Waals surface area contributed by atoms with Crippen LogP contribution < -0.4 is 4.90 Å². The highest BCUT2D eigenvalue weighted by atomic mass is 36.0. The van der Waals surface area contributed by atoms with Crippen LogP contribution >= 0.6 is 21.4 Å². The lowest BCUT2D eigenvalue weighted by Gasteiger charge is -2.11. The lowest BCUT2D eigenvalue weighted by atomic mass is 10.3. The number of rotatable bonds is 3. The maximum Gasteiger partial charge on any atom is 0.317 e. The van der Waals surface area contributed by atoms with E-state index in [0.717, 1.165) is 17.1 Å². The van der Waals surface area contributed by atoms with E-state index in [4.69, 9.17) is 8.42 Å². The molecule has 0 unspecified atom stereocenters. The van der Waals surface area contributed by atoms with Crippen LogP contribution in [0.5, 0.6) is 0 Å². The van der Waals surface area contributed by atoms with Crippen LogP contribution in [0.15, 0.2) is 64.8 Å². The zero-order valence-electron chi connectivity index (χ0n) is 12.0. The smallest absolute Gasteiger partial charge is 0.317 e. The molecule has 2 rings (SSSR count). The number of halogens is 2. The standard InChI is InChI=1S/C14H15N3.Cl2O2S/c1-17(2)14-10-8-13(9-11-14)16-15-12-6-4-3-5-7-12;1-5(2,3)4/h3-11H,1-2H3;. The minimum atomic E-state index is -3.72. The highest BCUT2D eigenvalue weighted by Crippen LogP contribution is 2.20. The number of azo groups is 1. The summed E-state index contributed by atoms with van der Waals surface area (Å²) >= 11 is 0. The highest BCUT2D eigenvalue weighted by Gasteiger charge is 1.94. The normalized spacial score (nSPS) is 10.9. The molecule has 0 atom stereocenters. The van der Waals surface area contributed by atoms with Crippen molar-refractivity contribution in [2.45, 2.75) is 0 Å². The van der Waals surface area contributed by atoms with Gasteiger partial charge >= 0.3 is 8.26 Å². The summed E-state index contributed by atoms with van der Waals surface area (Å²) in [7, 11) is 8.84. The molecule has 0 saturated heterocycles. The van der Waals surface area contributed by atoms with E-state index in [2.05, 4.69) is 36.5 Å². The zero-order chi connectivity index (χ0) is 16.6. The molecule has 2 aromatic rings. The van der Waals surface area contributed by atoms with E-state index in [0.29, 0.717) is 0 Å². The topological polar surface area (TPSA) is 62.1 Å². The fourth-order valence-electron chi connectivity index (χ4n) is 1.43. The van der Waals surface area contributed by atoms with Gasteiger partial charge in [0.2, 0.25) is 0 Å². The summed E-state index contributed by atoms with van der Waals surface area (Å²) in [6, 6.07) is 17.7. The van der Waals surface area contributed by atoms with E-state index >= 15 is 0 Å². The molecule has 0 bridgehead atoms. The average Bonchev–Trinajstić information content (AvgIpc) is 2.45. The number of anilines is 1. The molecule has 0 radical (unpaired) electrons. The molecule has 2 aromatic carbocycles. The predicted molar refractivity (Wildman–Crippen MR) is 92.0 cm³/mol. The number of nitrogens with zero attached hydrogens (tertiary/aromatic N) is 3. The van der Waals surface area contributed by atoms with Gasteiger partial charge in [-0.3, -0.25) is 0 Å². The van der Waals surface area contributed by atoms with E-state index in [9.17, 15) is 0 Å². The first-order chi connectivity index (χ1) is 10.3. The van der Waals surface area contributed by atoms with Crippen LogP contribution in [0.4, 0.5) is 17.1 Å². The molecule has 22 heavy (non-hydrogen) atoms. The van der Waals surface area contributed by atoms with Gasteiger partial charge in [-0.25, -0.2) is 0 Å². The molecule has 0 aliphatic rings. The molecule has 5 nitrogen and oxygen atoms in total. The van der Waals surface area contributed by atoms with E-state index in [-0.39, 0.29) is 0 Å². The predicted octanol–water partition coefficient (Wildman–Crippen LogP) is 4.88. The summed E-state index contributed by atoms with van der Waals surface area (Å²) in [6.45, 7) is 0. The second kappa shape index (κ2) is 8.73. The maximum absolute atomic E-state index is 9.16. The molecule has 0 aliphatic heterocycles. The van der Waals surface area contributed by atoms with Crippen molar-refractivity contribution in [3.63, 3.8) is 0 Å². The van der Waals surface area contributed by atoms with Gasteiger partial charge in [-0.05, 0) is 36.4 Å². The van der Waals surface area contributed by atoms with Crippen LogP contribution in [0.2, 0.25) is 0 Å². The minimum absolute atomic E-state index is 0.861. The Kier molecular flexibility index (Phi) is 7.31. The third-order valence-corrected chi connectivity index (χ3v) is 2.40. The van der Waals surface area contributed by atoms with Gasteiger partial charge < -0.3 is 4.90 Å². The second-order valence-electron chi connectivity index (χ2n) is 4.32. The van der Waals surface area contributed by atoms with Crippen molar-refractivity contribution < 1.29 is 8.42 Å². The number of hydrogen-bond donors (Lipinski definition) is 0. The largest absolute Gasteiger partial charge is 0.378 e. The van der Waals surface area contributed by atoms with Gasteiger partial charge in [0.05, 0.1) is 11.4 Å². The van der Waals surface area contributed by atoms with Crippen molar-refractivity contribution in [1.29, 1.82) is 0 Å². The first-order valence-corrected chi connectivity index (χ1v) is 9.27. The maximum atomic E-state index is 9.16. The minimum Gasteiger partial charge on any atom is -0.378 e. The monoisotopic (exact) mass is 359 g/mol. The number of hydrogen-bond acceptors (Lipinski definition) is 5. The quantitative estimate of drug-likeness (QED) is 0.579. The van der Waals surface area contributed by atoms with Gasteiger partial charge in [0.25, 0.3) is 0 Å². The van der Waals surface area contributed by atoms with Crippen LogP contribution in [0.1, 0.15) is 0 Å². The molecule has 8 heteroatoms. The highest BCUT2D eigenvalue weighted by molar-refractivity contribution is 8.31. The molecular formula is C14H15Cl2N3O2S. The fourth-order valence-corrected chi connectivity index (χ4v) is 1.43. The van der Waals surface area contributed by atoms with Gasteiger partial charge in [0, 0.05) is 41.1 Å². The van der Waals surface area contributed by atoms with E-state index in [1.807, 2.05) is 68.7 Å². The van der Waals surface area contributed by atoms with Crippen molar-refractivity contribution in [2.24, 2.45) is 10.2 Å². The molecule has 0 N–H and O–H groups in total. The van der Waals surface area contributed by atoms with Gasteiger partial charge in [0.1, 0.15) is 0 Å². The molecule has 0 spiro atoms. The van der Waals surface area contributed by atoms with Crippen LogP contribution in [0, 0.1) is 0 Å². The van der Waals surface area contributed by atoms with Crippen molar-refractivity contribution >= 4 is 46.7 Å². The van der Waals surface area contributed by atoms with Crippen LogP contribution in [-0.2, 0) is 8.26 Å². The third kappa shape index (κ3) is 8.61. The van der Waals surface area contributed by atoms with E-state index in [1.165, 1.54) is 0 Å². The lowest BCUT2D eigenvalue weighted by Crippen LogP contribution is -2.07. The Hall–Kier alpha value is -1.63. The Labute approximate surface area is 139 Å². The summed E-state index contributed by atoms with van der Waals surface area (Å²) < 4.78 is 18.3. The van der Waals surface area contributed by atoms with Gasteiger partial charge in [0.15, 0.2) is 0 Å². The number of benzene rings is 2. The Balaban J connectivity index is 0.000000422. The second-order valence-corrected chi connectivity index (χ2v) is 7.99. The van der Waals surface area contributed by atoms with E-state index < -0.39 is 8.26 Å². The molecular weight excluding hydrogens is 345 g/mol. The van der Waals surface area contributed by atoms with E-state index in [1.54, 1.807) is 0 Å². The Bertz CT molecular complexity index is 695. The molecule has 0 amide bonds. The molecule has 0 aliphatic carbocycles. The molecule has 118 valence electrons. The summed E-state index contributed by atoms with van der Waals surface area (Å²) in [6.07, 6.45) is 0. The van der Waals surface area contributed by atoms with Crippen molar-refractivity contribution in [3.8, 4) is 0 Å². The fraction of sp³-hybridized carbons (Fsp3) is 0.143. The van der Waals surface area contributed by atoms with Crippen LogP contribution in [-0.4, -0.2) is 22.5 Å². The van der Waals surface area contributed by atoms with Crippen LogP contribution in [0.3, 0.4) is 0 Å². The first kappa shape index (κ1) is 18.4. The van der Waals surface area contributed by atoms with Crippen LogP contribution in [0.25, 0.3) is 0 Å². The summed E-state index contributed by atoms with van der Waals surface area (Å²) in [5, 5.41) is 8.35. The zero-order valence-corrected chi connectivity index (χ0v) is 14.3.